The van der Waals surface area contributed by atoms with Crippen LogP contribution >= 0.6 is 0 Å². The zero-order valence-corrected chi connectivity index (χ0v) is 11.9. The van der Waals surface area contributed by atoms with E-state index in [9.17, 15) is 8.78 Å². The van der Waals surface area contributed by atoms with E-state index < -0.39 is 11.6 Å². The fourth-order valence-corrected chi connectivity index (χ4v) is 2.64. The fourth-order valence-electron chi connectivity index (χ4n) is 2.64. The SMILES string of the molecule is CCCNc1c(F)cc(F)cc1CC1=C(N)CCCC1. The van der Waals surface area contributed by atoms with Crippen LogP contribution in [-0.2, 0) is 6.42 Å². The van der Waals surface area contributed by atoms with E-state index in [1.807, 2.05) is 6.92 Å². The van der Waals surface area contributed by atoms with Crippen LogP contribution in [0.4, 0.5) is 14.5 Å². The van der Waals surface area contributed by atoms with Crippen LogP contribution in [0.2, 0.25) is 0 Å². The highest BCUT2D eigenvalue weighted by molar-refractivity contribution is 5.54. The molecule has 1 aliphatic rings. The van der Waals surface area contributed by atoms with E-state index in [0.717, 1.165) is 49.4 Å². The number of rotatable bonds is 5. The van der Waals surface area contributed by atoms with Gasteiger partial charge in [0.1, 0.15) is 11.6 Å². The Balaban J connectivity index is 2.29. The van der Waals surface area contributed by atoms with Crippen molar-refractivity contribution in [3.63, 3.8) is 0 Å². The number of hydrogen-bond acceptors (Lipinski definition) is 2. The minimum absolute atomic E-state index is 0.416. The molecule has 0 fully saturated rings. The van der Waals surface area contributed by atoms with E-state index in [2.05, 4.69) is 5.32 Å². The maximum atomic E-state index is 13.9. The Kier molecular flexibility index (Phi) is 4.99. The first-order valence-electron chi connectivity index (χ1n) is 7.30. The summed E-state index contributed by atoms with van der Waals surface area (Å²) in [7, 11) is 0. The average molecular weight is 280 g/mol. The lowest BCUT2D eigenvalue weighted by Gasteiger charge is -2.19. The Labute approximate surface area is 119 Å². The topological polar surface area (TPSA) is 38.0 Å². The normalized spacial score (nSPS) is 15.6. The van der Waals surface area contributed by atoms with Crippen LogP contribution < -0.4 is 11.1 Å². The van der Waals surface area contributed by atoms with Gasteiger partial charge in [-0.05, 0) is 55.7 Å². The maximum absolute atomic E-state index is 13.9. The highest BCUT2D eigenvalue weighted by atomic mass is 19.1. The summed E-state index contributed by atoms with van der Waals surface area (Å²) in [5, 5.41) is 3.06. The number of anilines is 1. The van der Waals surface area contributed by atoms with Gasteiger partial charge in [-0.25, -0.2) is 8.78 Å². The van der Waals surface area contributed by atoms with E-state index in [-0.39, 0.29) is 0 Å². The molecule has 1 aromatic rings. The van der Waals surface area contributed by atoms with Crippen molar-refractivity contribution in [1.29, 1.82) is 0 Å². The first-order chi connectivity index (χ1) is 9.61. The molecule has 110 valence electrons. The quantitative estimate of drug-likeness (QED) is 0.851. The highest BCUT2D eigenvalue weighted by Gasteiger charge is 2.16. The lowest BCUT2D eigenvalue weighted by atomic mass is 9.91. The van der Waals surface area contributed by atoms with E-state index in [4.69, 9.17) is 5.73 Å². The molecule has 1 aliphatic carbocycles. The molecule has 0 radical (unpaired) electrons. The predicted molar refractivity (Wildman–Crippen MR) is 78.5 cm³/mol. The van der Waals surface area contributed by atoms with Crippen LogP contribution in [0.1, 0.15) is 44.6 Å². The molecule has 0 atom stereocenters. The minimum atomic E-state index is -0.533. The molecule has 0 spiro atoms. The second kappa shape index (κ2) is 6.73. The van der Waals surface area contributed by atoms with Gasteiger partial charge in [-0.15, -0.1) is 0 Å². The summed E-state index contributed by atoms with van der Waals surface area (Å²) in [6.45, 7) is 2.68. The van der Waals surface area contributed by atoms with Gasteiger partial charge >= 0.3 is 0 Å². The summed E-state index contributed by atoms with van der Waals surface area (Å²) in [6.07, 6.45) is 5.45. The summed E-state index contributed by atoms with van der Waals surface area (Å²) in [5.41, 5.74) is 9.12. The van der Waals surface area contributed by atoms with Crippen LogP contribution in [0.3, 0.4) is 0 Å². The maximum Gasteiger partial charge on any atom is 0.149 e. The van der Waals surface area contributed by atoms with Crippen molar-refractivity contribution in [1.82, 2.24) is 0 Å². The van der Waals surface area contributed by atoms with Crippen molar-refractivity contribution < 1.29 is 8.78 Å². The van der Waals surface area contributed by atoms with E-state index in [0.29, 0.717) is 24.2 Å². The molecule has 0 unspecified atom stereocenters. The predicted octanol–water partition coefficient (Wildman–Crippen LogP) is 4.12. The van der Waals surface area contributed by atoms with Gasteiger partial charge in [0.15, 0.2) is 0 Å². The molecule has 0 bridgehead atoms. The van der Waals surface area contributed by atoms with Crippen molar-refractivity contribution >= 4 is 5.69 Å². The first-order valence-corrected chi connectivity index (χ1v) is 7.30. The molecule has 0 aromatic heterocycles. The van der Waals surface area contributed by atoms with Gasteiger partial charge in [0.05, 0.1) is 5.69 Å². The monoisotopic (exact) mass is 280 g/mol. The number of nitrogens with two attached hydrogens (primary N) is 1. The number of halogens is 2. The van der Waals surface area contributed by atoms with E-state index in [1.54, 1.807) is 0 Å². The van der Waals surface area contributed by atoms with E-state index in [1.165, 1.54) is 6.07 Å². The van der Waals surface area contributed by atoms with Crippen LogP contribution in [0.15, 0.2) is 23.4 Å². The number of hydrogen-bond donors (Lipinski definition) is 2. The molecule has 0 heterocycles. The molecule has 4 heteroatoms. The minimum Gasteiger partial charge on any atom is -0.402 e. The first kappa shape index (κ1) is 14.8. The molecular weight excluding hydrogens is 258 g/mol. The Bertz CT molecular complexity index is 509. The molecule has 3 N–H and O–H groups in total. The largest absolute Gasteiger partial charge is 0.402 e. The highest BCUT2D eigenvalue weighted by Crippen LogP contribution is 2.29. The van der Waals surface area contributed by atoms with Gasteiger partial charge in [-0.3, -0.25) is 0 Å². The Hall–Kier alpha value is -1.58. The lowest BCUT2D eigenvalue weighted by molar-refractivity contribution is 0.581. The number of benzene rings is 1. The molecule has 2 rings (SSSR count). The van der Waals surface area contributed by atoms with Crippen LogP contribution in [0.5, 0.6) is 0 Å². The second-order valence-corrected chi connectivity index (χ2v) is 5.36. The molecule has 0 saturated heterocycles. The molecule has 0 aliphatic heterocycles. The molecule has 0 amide bonds. The van der Waals surface area contributed by atoms with Crippen LogP contribution in [0.25, 0.3) is 0 Å². The smallest absolute Gasteiger partial charge is 0.149 e. The summed E-state index contributed by atoms with van der Waals surface area (Å²) in [6, 6.07) is 2.34. The summed E-state index contributed by atoms with van der Waals surface area (Å²) in [4.78, 5) is 0. The second-order valence-electron chi connectivity index (χ2n) is 5.36. The fraction of sp³-hybridized carbons (Fsp3) is 0.500. The zero-order chi connectivity index (χ0) is 14.5. The Morgan fingerprint density at radius 2 is 1.95 bits per heavy atom. The van der Waals surface area contributed by atoms with Gasteiger partial charge in [0.2, 0.25) is 0 Å². The van der Waals surface area contributed by atoms with E-state index >= 15 is 0 Å². The molecule has 0 saturated carbocycles. The van der Waals surface area contributed by atoms with Gasteiger partial charge in [-0.1, -0.05) is 6.92 Å². The Morgan fingerprint density at radius 1 is 1.20 bits per heavy atom. The lowest BCUT2D eigenvalue weighted by Crippen LogP contribution is -2.12. The van der Waals surface area contributed by atoms with Gasteiger partial charge in [0.25, 0.3) is 0 Å². The van der Waals surface area contributed by atoms with Gasteiger partial charge in [0, 0.05) is 18.3 Å². The standard InChI is InChI=1S/C16H22F2N2/c1-2-7-20-16-12(9-13(17)10-14(16)18)8-11-5-3-4-6-15(11)19/h9-10,20H,2-8,19H2,1H3. The van der Waals surface area contributed by atoms with Crippen molar-refractivity contribution in [2.24, 2.45) is 5.73 Å². The molecule has 1 aromatic carbocycles. The third kappa shape index (κ3) is 3.50. The van der Waals surface area contributed by atoms with Gasteiger partial charge in [-0.2, -0.15) is 0 Å². The summed E-state index contributed by atoms with van der Waals surface area (Å²) in [5.74, 6) is -1.06. The third-order valence-electron chi connectivity index (χ3n) is 3.72. The summed E-state index contributed by atoms with van der Waals surface area (Å²) >= 11 is 0. The van der Waals surface area contributed by atoms with Crippen molar-refractivity contribution in [3.05, 3.63) is 40.6 Å². The zero-order valence-electron chi connectivity index (χ0n) is 11.9. The third-order valence-corrected chi connectivity index (χ3v) is 3.72. The molecular formula is C16H22F2N2. The summed E-state index contributed by atoms with van der Waals surface area (Å²) < 4.78 is 27.4. The molecule has 2 nitrogen and oxygen atoms in total. The number of nitrogens with one attached hydrogen (secondary N) is 1. The number of allylic oxidation sites excluding steroid dienone is 2. The average Bonchev–Trinajstić information content (AvgIpc) is 2.40. The van der Waals surface area contributed by atoms with Crippen molar-refractivity contribution in [2.45, 2.75) is 45.4 Å². The molecule has 20 heavy (non-hydrogen) atoms. The van der Waals surface area contributed by atoms with Crippen molar-refractivity contribution in [3.8, 4) is 0 Å². The van der Waals surface area contributed by atoms with Crippen LogP contribution in [0, 0.1) is 11.6 Å². The van der Waals surface area contributed by atoms with Gasteiger partial charge < -0.3 is 11.1 Å². The Morgan fingerprint density at radius 3 is 2.65 bits per heavy atom. The van der Waals surface area contributed by atoms with Crippen LogP contribution in [-0.4, -0.2) is 6.54 Å². The van der Waals surface area contributed by atoms with Crippen molar-refractivity contribution in [2.75, 3.05) is 11.9 Å².